The highest BCUT2D eigenvalue weighted by molar-refractivity contribution is 5.53. The summed E-state index contributed by atoms with van der Waals surface area (Å²) in [7, 11) is 3.26. The van der Waals surface area contributed by atoms with Gasteiger partial charge in [-0.05, 0) is 37.1 Å². The van der Waals surface area contributed by atoms with Crippen molar-refractivity contribution < 1.29 is 14.2 Å². The molecule has 20 heavy (non-hydrogen) atoms. The standard InChI is InChI=1S/C17H20O3/c1-12-5-7-14(8-6-12)11-20-17-15(18-3)9-13(2)10-16(17)19-4/h5-10H,11H2,1-4H3. The van der Waals surface area contributed by atoms with Crippen molar-refractivity contribution in [3.63, 3.8) is 0 Å². The molecule has 0 bridgehead atoms. The summed E-state index contributed by atoms with van der Waals surface area (Å²) in [5, 5.41) is 0. The van der Waals surface area contributed by atoms with Crippen LogP contribution in [0.25, 0.3) is 0 Å². The van der Waals surface area contributed by atoms with Gasteiger partial charge in [-0.25, -0.2) is 0 Å². The lowest BCUT2D eigenvalue weighted by molar-refractivity contribution is 0.265. The van der Waals surface area contributed by atoms with Crippen molar-refractivity contribution in [2.24, 2.45) is 0 Å². The van der Waals surface area contributed by atoms with Gasteiger partial charge in [0.2, 0.25) is 5.75 Å². The maximum atomic E-state index is 5.88. The minimum atomic E-state index is 0.482. The fourth-order valence-corrected chi connectivity index (χ4v) is 1.99. The van der Waals surface area contributed by atoms with Crippen LogP contribution in [0.4, 0.5) is 0 Å². The predicted octanol–water partition coefficient (Wildman–Crippen LogP) is 3.90. The number of aryl methyl sites for hydroxylation is 2. The number of methoxy groups -OCH3 is 2. The molecule has 2 aromatic carbocycles. The lowest BCUT2D eigenvalue weighted by atomic mass is 10.1. The molecule has 0 aromatic heterocycles. The van der Waals surface area contributed by atoms with E-state index in [9.17, 15) is 0 Å². The van der Waals surface area contributed by atoms with E-state index in [-0.39, 0.29) is 0 Å². The van der Waals surface area contributed by atoms with Gasteiger partial charge in [0.25, 0.3) is 0 Å². The summed E-state index contributed by atoms with van der Waals surface area (Å²) in [4.78, 5) is 0. The van der Waals surface area contributed by atoms with E-state index >= 15 is 0 Å². The maximum Gasteiger partial charge on any atom is 0.203 e. The molecule has 0 aliphatic heterocycles. The second kappa shape index (κ2) is 6.33. The second-order valence-corrected chi connectivity index (χ2v) is 4.77. The quantitative estimate of drug-likeness (QED) is 0.826. The minimum Gasteiger partial charge on any atom is -0.493 e. The van der Waals surface area contributed by atoms with Crippen molar-refractivity contribution in [2.75, 3.05) is 14.2 Å². The Morgan fingerprint density at radius 3 is 1.85 bits per heavy atom. The Labute approximate surface area is 120 Å². The molecule has 0 heterocycles. The summed E-state index contributed by atoms with van der Waals surface area (Å²) in [6.45, 7) is 4.54. The lowest BCUT2D eigenvalue weighted by Gasteiger charge is -2.15. The van der Waals surface area contributed by atoms with Crippen LogP contribution in [0.3, 0.4) is 0 Å². The maximum absolute atomic E-state index is 5.88. The van der Waals surface area contributed by atoms with Gasteiger partial charge in [0, 0.05) is 0 Å². The molecular formula is C17H20O3. The molecule has 0 spiro atoms. The van der Waals surface area contributed by atoms with Crippen molar-refractivity contribution >= 4 is 0 Å². The van der Waals surface area contributed by atoms with Crippen LogP contribution in [-0.2, 0) is 6.61 Å². The zero-order valence-corrected chi connectivity index (χ0v) is 12.4. The van der Waals surface area contributed by atoms with E-state index < -0.39 is 0 Å². The highest BCUT2D eigenvalue weighted by Gasteiger charge is 2.13. The monoisotopic (exact) mass is 272 g/mol. The molecule has 0 fully saturated rings. The second-order valence-electron chi connectivity index (χ2n) is 4.77. The third-order valence-corrected chi connectivity index (χ3v) is 3.11. The van der Waals surface area contributed by atoms with Gasteiger partial charge in [0.05, 0.1) is 14.2 Å². The summed E-state index contributed by atoms with van der Waals surface area (Å²) >= 11 is 0. The average molecular weight is 272 g/mol. The van der Waals surface area contributed by atoms with Crippen LogP contribution in [0.5, 0.6) is 17.2 Å². The normalized spacial score (nSPS) is 10.2. The van der Waals surface area contributed by atoms with Gasteiger partial charge in [0.15, 0.2) is 11.5 Å². The van der Waals surface area contributed by atoms with Crippen molar-refractivity contribution in [1.29, 1.82) is 0 Å². The summed E-state index contributed by atoms with van der Waals surface area (Å²) in [5.74, 6) is 2.02. The predicted molar refractivity (Wildman–Crippen MR) is 79.8 cm³/mol. The van der Waals surface area contributed by atoms with Crippen LogP contribution in [0.1, 0.15) is 16.7 Å². The molecule has 2 rings (SSSR count). The number of hydrogen-bond acceptors (Lipinski definition) is 3. The molecule has 0 N–H and O–H groups in total. The summed E-state index contributed by atoms with van der Waals surface area (Å²) in [5.41, 5.74) is 3.42. The Morgan fingerprint density at radius 1 is 0.800 bits per heavy atom. The van der Waals surface area contributed by atoms with Crippen LogP contribution in [-0.4, -0.2) is 14.2 Å². The van der Waals surface area contributed by atoms with Crippen LogP contribution in [0.2, 0.25) is 0 Å². The topological polar surface area (TPSA) is 27.7 Å². The van der Waals surface area contributed by atoms with Crippen LogP contribution in [0, 0.1) is 13.8 Å². The average Bonchev–Trinajstić information content (AvgIpc) is 2.46. The minimum absolute atomic E-state index is 0.482. The van der Waals surface area contributed by atoms with E-state index in [0.717, 1.165) is 11.1 Å². The first kappa shape index (κ1) is 14.3. The van der Waals surface area contributed by atoms with Gasteiger partial charge in [0.1, 0.15) is 6.61 Å². The van der Waals surface area contributed by atoms with Gasteiger partial charge >= 0.3 is 0 Å². The highest BCUT2D eigenvalue weighted by Crippen LogP contribution is 2.38. The van der Waals surface area contributed by atoms with E-state index in [1.807, 2.05) is 19.1 Å². The van der Waals surface area contributed by atoms with Gasteiger partial charge in [-0.1, -0.05) is 29.8 Å². The Bertz CT molecular complexity index is 548. The molecule has 2 aromatic rings. The third kappa shape index (κ3) is 3.23. The first-order chi connectivity index (χ1) is 9.63. The molecular weight excluding hydrogens is 252 g/mol. The van der Waals surface area contributed by atoms with Gasteiger partial charge in [-0.2, -0.15) is 0 Å². The zero-order chi connectivity index (χ0) is 14.5. The zero-order valence-electron chi connectivity index (χ0n) is 12.4. The molecule has 106 valence electrons. The third-order valence-electron chi connectivity index (χ3n) is 3.11. The van der Waals surface area contributed by atoms with E-state index in [1.54, 1.807) is 14.2 Å². The molecule has 0 radical (unpaired) electrons. The summed E-state index contributed by atoms with van der Waals surface area (Å²) in [6.07, 6.45) is 0. The molecule has 3 nitrogen and oxygen atoms in total. The number of benzene rings is 2. The first-order valence-electron chi connectivity index (χ1n) is 6.55. The Morgan fingerprint density at radius 2 is 1.35 bits per heavy atom. The number of hydrogen-bond donors (Lipinski definition) is 0. The Kier molecular flexibility index (Phi) is 4.51. The SMILES string of the molecule is COc1cc(C)cc(OC)c1OCc1ccc(C)cc1. The number of ether oxygens (including phenoxy) is 3. The summed E-state index contributed by atoms with van der Waals surface area (Å²) < 4.78 is 16.6. The number of rotatable bonds is 5. The fourth-order valence-electron chi connectivity index (χ4n) is 1.99. The molecule has 0 unspecified atom stereocenters. The lowest BCUT2D eigenvalue weighted by Crippen LogP contribution is -2.00. The molecule has 0 saturated heterocycles. The van der Waals surface area contributed by atoms with E-state index in [1.165, 1.54) is 5.56 Å². The smallest absolute Gasteiger partial charge is 0.203 e. The van der Waals surface area contributed by atoms with Crippen molar-refractivity contribution in [3.05, 3.63) is 53.1 Å². The molecule has 0 amide bonds. The van der Waals surface area contributed by atoms with E-state index in [2.05, 4.69) is 31.2 Å². The molecule has 3 heteroatoms. The molecule has 0 atom stereocenters. The Hall–Kier alpha value is -2.16. The largest absolute Gasteiger partial charge is 0.493 e. The van der Waals surface area contributed by atoms with Crippen LogP contribution < -0.4 is 14.2 Å². The van der Waals surface area contributed by atoms with Crippen molar-refractivity contribution in [2.45, 2.75) is 20.5 Å². The van der Waals surface area contributed by atoms with Crippen LogP contribution in [0.15, 0.2) is 36.4 Å². The van der Waals surface area contributed by atoms with Gasteiger partial charge < -0.3 is 14.2 Å². The van der Waals surface area contributed by atoms with Gasteiger partial charge in [-0.15, -0.1) is 0 Å². The van der Waals surface area contributed by atoms with Crippen molar-refractivity contribution in [3.8, 4) is 17.2 Å². The van der Waals surface area contributed by atoms with E-state index in [0.29, 0.717) is 23.9 Å². The Balaban J connectivity index is 2.21. The molecule has 0 aliphatic carbocycles. The molecule has 0 saturated carbocycles. The van der Waals surface area contributed by atoms with Gasteiger partial charge in [-0.3, -0.25) is 0 Å². The fraction of sp³-hybridized carbons (Fsp3) is 0.294. The van der Waals surface area contributed by atoms with Crippen LogP contribution >= 0.6 is 0 Å². The van der Waals surface area contributed by atoms with E-state index in [4.69, 9.17) is 14.2 Å². The van der Waals surface area contributed by atoms with Crippen molar-refractivity contribution in [1.82, 2.24) is 0 Å². The highest BCUT2D eigenvalue weighted by atomic mass is 16.5. The summed E-state index contributed by atoms with van der Waals surface area (Å²) in [6, 6.07) is 12.1. The first-order valence-corrected chi connectivity index (χ1v) is 6.55. The molecule has 0 aliphatic rings.